The predicted molar refractivity (Wildman–Crippen MR) is 134 cm³/mol. The van der Waals surface area contributed by atoms with E-state index in [1.54, 1.807) is 13.0 Å². The monoisotopic (exact) mass is 536 g/mol. The third-order valence-corrected chi connectivity index (χ3v) is 12.1. The highest BCUT2D eigenvalue weighted by atomic mass is 16.7. The fraction of sp³-hybridized carbons (Fsp3) is 0.897. The number of carbonyl (C=O) groups excluding carboxylic acids is 1. The van der Waals surface area contributed by atoms with Gasteiger partial charge in [0.15, 0.2) is 6.29 Å². The Morgan fingerprint density at radius 2 is 1.82 bits per heavy atom. The fourth-order valence-corrected chi connectivity index (χ4v) is 9.94. The van der Waals surface area contributed by atoms with Crippen LogP contribution in [0.25, 0.3) is 0 Å². The molecule has 4 saturated carbocycles. The molecule has 2 aliphatic heterocycles. The quantitative estimate of drug-likeness (QED) is 0.267. The van der Waals surface area contributed by atoms with Crippen molar-refractivity contribution < 1.29 is 44.5 Å². The zero-order chi connectivity index (χ0) is 27.1. The Balaban J connectivity index is 1.21. The predicted octanol–water partition coefficient (Wildman–Crippen LogP) is 1.57. The van der Waals surface area contributed by atoms with Crippen molar-refractivity contribution in [1.29, 1.82) is 0 Å². The van der Waals surface area contributed by atoms with Gasteiger partial charge in [0.05, 0.1) is 36.1 Å². The highest BCUT2D eigenvalue weighted by molar-refractivity contribution is 5.85. The van der Waals surface area contributed by atoms with Gasteiger partial charge in [-0.15, -0.1) is 0 Å². The maximum absolute atomic E-state index is 12.4. The molecule has 9 heteroatoms. The van der Waals surface area contributed by atoms with Crippen LogP contribution < -0.4 is 0 Å². The first-order chi connectivity index (χ1) is 18.0. The molecule has 1 saturated heterocycles. The summed E-state index contributed by atoms with van der Waals surface area (Å²) in [4.78, 5) is 11.8. The molecule has 38 heavy (non-hydrogen) atoms. The molecule has 4 aliphatic carbocycles. The Hall–Kier alpha value is -1.07. The molecule has 5 fully saturated rings. The molecule has 9 nitrogen and oxygen atoms in total. The lowest BCUT2D eigenvalue weighted by molar-refractivity contribution is -0.297. The van der Waals surface area contributed by atoms with E-state index in [0.29, 0.717) is 45.1 Å². The van der Waals surface area contributed by atoms with Crippen LogP contribution in [0.3, 0.4) is 0 Å². The number of hydrogen-bond donors (Lipinski definition) is 5. The van der Waals surface area contributed by atoms with Gasteiger partial charge in [0, 0.05) is 29.7 Å². The van der Waals surface area contributed by atoms with Gasteiger partial charge in [0.25, 0.3) is 0 Å². The van der Waals surface area contributed by atoms with E-state index in [1.165, 1.54) is 0 Å². The minimum Gasteiger partial charge on any atom is -0.458 e. The van der Waals surface area contributed by atoms with Crippen LogP contribution in [0, 0.1) is 28.6 Å². The van der Waals surface area contributed by atoms with Crippen LogP contribution in [0.15, 0.2) is 11.6 Å². The van der Waals surface area contributed by atoms with Crippen LogP contribution in [0.5, 0.6) is 0 Å². The molecule has 12 atom stereocenters. The smallest absolute Gasteiger partial charge is 0.331 e. The van der Waals surface area contributed by atoms with E-state index in [9.17, 15) is 30.3 Å². The topological polar surface area (TPSA) is 146 Å². The molecular weight excluding hydrogens is 492 g/mol. The molecule has 0 spiro atoms. The Bertz CT molecular complexity index is 973. The van der Waals surface area contributed by atoms with Crippen molar-refractivity contribution in [3.63, 3.8) is 0 Å². The molecule has 0 aromatic carbocycles. The number of aliphatic hydroxyl groups excluding tert-OH is 3. The average Bonchev–Trinajstić information content (AvgIpc) is 3.41. The number of cyclic esters (lactones) is 1. The number of rotatable bonds is 4. The van der Waals surface area contributed by atoms with Gasteiger partial charge in [0.1, 0.15) is 12.7 Å². The number of aliphatic hydroxyl groups is 5. The van der Waals surface area contributed by atoms with Crippen molar-refractivity contribution >= 4 is 5.97 Å². The fourth-order valence-electron chi connectivity index (χ4n) is 9.94. The van der Waals surface area contributed by atoms with Crippen LogP contribution in [-0.2, 0) is 19.0 Å². The highest BCUT2D eigenvalue weighted by Crippen LogP contribution is 2.70. The minimum absolute atomic E-state index is 0.0117. The molecule has 0 amide bonds. The van der Waals surface area contributed by atoms with E-state index < -0.39 is 41.2 Å². The third-order valence-electron chi connectivity index (χ3n) is 12.1. The second-order valence-electron chi connectivity index (χ2n) is 13.5. The number of esters is 1. The SMILES string of the molecule is C[C@H]1O[C@@H](O[C@H]2CC[C@]3(CO)C4CC[C@]5(C)C(C6=CC(=O)OC6)CC[C@]5(O)C4CC[C@]3(O)C2)C[C@H](O)[C@@H]1O. The van der Waals surface area contributed by atoms with E-state index in [0.717, 1.165) is 24.8 Å². The van der Waals surface area contributed by atoms with E-state index in [1.807, 2.05) is 0 Å². The summed E-state index contributed by atoms with van der Waals surface area (Å²) in [6.45, 7) is 4.05. The summed E-state index contributed by atoms with van der Waals surface area (Å²) in [5.74, 6) is -0.245. The zero-order valence-electron chi connectivity index (χ0n) is 22.6. The molecular formula is C29H44O9. The average molecular weight is 537 g/mol. The third kappa shape index (κ3) is 3.72. The molecule has 6 aliphatic rings. The Morgan fingerprint density at radius 3 is 2.50 bits per heavy atom. The summed E-state index contributed by atoms with van der Waals surface area (Å²) in [5.41, 5.74) is -2.15. The molecule has 3 unspecified atom stereocenters. The van der Waals surface area contributed by atoms with Gasteiger partial charge >= 0.3 is 5.97 Å². The molecule has 0 radical (unpaired) electrons. The minimum atomic E-state index is -1.12. The first-order valence-electron chi connectivity index (χ1n) is 14.6. The van der Waals surface area contributed by atoms with Gasteiger partial charge in [-0.05, 0) is 81.6 Å². The molecule has 0 aromatic rings. The lowest BCUT2D eigenvalue weighted by Crippen LogP contribution is -2.69. The maximum Gasteiger partial charge on any atom is 0.331 e. The maximum atomic E-state index is 12.4. The van der Waals surface area contributed by atoms with Crippen molar-refractivity contribution in [2.75, 3.05) is 13.2 Å². The molecule has 214 valence electrons. The molecule has 2 heterocycles. The summed E-state index contributed by atoms with van der Waals surface area (Å²) in [7, 11) is 0. The molecule has 0 aromatic heterocycles. The Morgan fingerprint density at radius 1 is 1.05 bits per heavy atom. The van der Waals surface area contributed by atoms with E-state index in [4.69, 9.17) is 14.2 Å². The van der Waals surface area contributed by atoms with Crippen molar-refractivity contribution in [3.8, 4) is 0 Å². The number of hydrogen-bond acceptors (Lipinski definition) is 9. The van der Waals surface area contributed by atoms with Crippen LogP contribution >= 0.6 is 0 Å². The number of fused-ring (bicyclic) bond motifs is 5. The van der Waals surface area contributed by atoms with Crippen LogP contribution in [0.4, 0.5) is 0 Å². The van der Waals surface area contributed by atoms with Crippen LogP contribution in [0.2, 0.25) is 0 Å². The van der Waals surface area contributed by atoms with Gasteiger partial charge in [0.2, 0.25) is 0 Å². The molecule has 6 rings (SSSR count). The zero-order valence-corrected chi connectivity index (χ0v) is 22.6. The van der Waals surface area contributed by atoms with Gasteiger partial charge < -0.3 is 39.7 Å². The van der Waals surface area contributed by atoms with Crippen LogP contribution in [-0.4, -0.2) is 86.6 Å². The number of ether oxygens (including phenoxy) is 3. The summed E-state index contributed by atoms with van der Waals surface area (Å²) in [5, 5.41) is 55.6. The second kappa shape index (κ2) is 9.23. The Labute approximate surface area is 224 Å². The van der Waals surface area contributed by atoms with Crippen molar-refractivity contribution in [1.82, 2.24) is 0 Å². The van der Waals surface area contributed by atoms with Crippen LogP contribution in [0.1, 0.15) is 78.1 Å². The van der Waals surface area contributed by atoms with Gasteiger partial charge in [-0.3, -0.25) is 0 Å². The van der Waals surface area contributed by atoms with E-state index >= 15 is 0 Å². The summed E-state index contributed by atoms with van der Waals surface area (Å²) < 4.78 is 17.2. The standard InChI is InChI=1S/C29H44O9/c1-16-25(33)22(31)12-24(37-16)38-18-3-8-27(15-30)20-4-7-26(2)19(17-11-23(32)36-14-17)6-10-29(26,35)21(20)5-9-28(27,34)13-18/h11,16,18-22,24-25,30-31,33-35H,3-10,12-15H2,1-2H3/t16-,18+,19?,20?,21?,22+,24+,25-,26-,27+,28+,29+/m1/s1. The summed E-state index contributed by atoms with van der Waals surface area (Å²) in [6, 6.07) is 0. The van der Waals surface area contributed by atoms with Crippen molar-refractivity contribution in [3.05, 3.63) is 11.6 Å². The molecule has 0 bridgehead atoms. The highest BCUT2D eigenvalue weighted by Gasteiger charge is 2.71. The largest absolute Gasteiger partial charge is 0.458 e. The lowest BCUT2D eigenvalue weighted by Gasteiger charge is -2.66. The number of carbonyl (C=O) groups is 1. The summed E-state index contributed by atoms with van der Waals surface area (Å²) >= 11 is 0. The lowest BCUT2D eigenvalue weighted by atomic mass is 9.41. The summed E-state index contributed by atoms with van der Waals surface area (Å²) in [6.07, 6.45) is 4.24. The van der Waals surface area contributed by atoms with E-state index in [-0.39, 0.29) is 48.3 Å². The first-order valence-corrected chi connectivity index (χ1v) is 14.6. The first kappa shape index (κ1) is 27.1. The van der Waals surface area contributed by atoms with Crippen molar-refractivity contribution in [2.45, 2.75) is 120 Å². The van der Waals surface area contributed by atoms with Gasteiger partial charge in [-0.2, -0.15) is 0 Å². The van der Waals surface area contributed by atoms with Gasteiger partial charge in [-0.25, -0.2) is 4.79 Å². The van der Waals surface area contributed by atoms with E-state index in [2.05, 4.69) is 6.92 Å². The van der Waals surface area contributed by atoms with Gasteiger partial charge in [-0.1, -0.05) is 6.92 Å². The van der Waals surface area contributed by atoms with Crippen molar-refractivity contribution in [2.24, 2.45) is 28.6 Å². The second-order valence-corrected chi connectivity index (χ2v) is 13.5. The molecule has 5 N–H and O–H groups in total. The normalized spacial score (nSPS) is 54.5. The Kier molecular flexibility index (Phi) is 6.58.